The average molecular weight is 540 g/mol. The highest BCUT2D eigenvalue weighted by Gasteiger charge is 2.36. The van der Waals surface area contributed by atoms with Crippen LogP contribution in [0.1, 0.15) is 38.8 Å². The Morgan fingerprint density at radius 2 is 1.79 bits per heavy atom. The van der Waals surface area contributed by atoms with E-state index in [4.69, 9.17) is 24.0 Å². The van der Waals surface area contributed by atoms with E-state index in [9.17, 15) is 4.79 Å². The minimum absolute atomic E-state index is 0.301. The summed E-state index contributed by atoms with van der Waals surface area (Å²) in [6.45, 7) is 6.33. The number of allylic oxidation sites excluding steroid dienone is 1. The van der Waals surface area contributed by atoms with Crippen molar-refractivity contribution in [3.05, 3.63) is 53.2 Å². The average Bonchev–Trinajstić information content (AvgIpc) is 3.33. The van der Waals surface area contributed by atoms with Crippen LogP contribution in [0.15, 0.2) is 52.8 Å². The third-order valence-electron chi connectivity index (χ3n) is 5.95. The quantitative estimate of drug-likeness (QED) is 0.321. The summed E-state index contributed by atoms with van der Waals surface area (Å²) in [5.41, 5.74) is 2.42. The molecule has 0 aliphatic carbocycles. The lowest BCUT2D eigenvalue weighted by Gasteiger charge is -2.29. The fraction of sp³-hybridized carbons (Fsp3) is 0.370. The highest BCUT2D eigenvalue weighted by molar-refractivity contribution is 7.99. The molecule has 4 rings (SSSR count). The molecular weight excluding hydrogens is 506 g/mol. The zero-order chi connectivity index (χ0) is 27.2. The van der Waals surface area contributed by atoms with E-state index in [-0.39, 0.29) is 5.91 Å². The maximum atomic E-state index is 13.9. The molecule has 1 amide bonds. The van der Waals surface area contributed by atoms with E-state index in [0.29, 0.717) is 57.7 Å². The van der Waals surface area contributed by atoms with Crippen LogP contribution in [0.4, 0.5) is 11.6 Å². The lowest BCUT2D eigenvalue weighted by atomic mass is 9.94. The molecule has 10 nitrogen and oxygen atoms in total. The number of hydrogen-bond acceptors (Lipinski definition) is 9. The van der Waals surface area contributed by atoms with Crippen LogP contribution in [0.25, 0.3) is 0 Å². The predicted molar refractivity (Wildman–Crippen MR) is 148 cm³/mol. The van der Waals surface area contributed by atoms with Crippen LogP contribution >= 0.6 is 11.8 Å². The molecular formula is C27H33N5O5S. The third-order valence-corrected chi connectivity index (χ3v) is 6.99. The van der Waals surface area contributed by atoms with Crippen LogP contribution in [-0.2, 0) is 4.79 Å². The van der Waals surface area contributed by atoms with Gasteiger partial charge in [-0.3, -0.25) is 4.79 Å². The Morgan fingerprint density at radius 3 is 2.42 bits per heavy atom. The summed E-state index contributed by atoms with van der Waals surface area (Å²) in [6, 6.07) is 10.4. The van der Waals surface area contributed by atoms with Crippen molar-refractivity contribution in [3.63, 3.8) is 0 Å². The summed E-state index contributed by atoms with van der Waals surface area (Å²) in [6.07, 6.45) is 0.989. The van der Waals surface area contributed by atoms with E-state index in [0.717, 1.165) is 17.7 Å². The number of nitrogens with zero attached hydrogens (tertiary/aromatic N) is 3. The first kappa shape index (κ1) is 27.2. The van der Waals surface area contributed by atoms with Crippen LogP contribution in [-0.4, -0.2) is 54.4 Å². The minimum Gasteiger partial charge on any atom is -0.493 e. The van der Waals surface area contributed by atoms with Crippen molar-refractivity contribution in [1.29, 1.82) is 0 Å². The molecule has 0 fully saturated rings. The summed E-state index contributed by atoms with van der Waals surface area (Å²) >= 11 is 1.57. The Hall–Kier alpha value is -3.86. The summed E-state index contributed by atoms with van der Waals surface area (Å²) in [5, 5.41) is 11.7. The third kappa shape index (κ3) is 5.38. The summed E-state index contributed by atoms with van der Waals surface area (Å²) < 4.78 is 24.2. The molecule has 0 saturated heterocycles. The molecule has 0 radical (unpaired) electrons. The molecule has 2 N–H and O–H groups in total. The number of rotatable bonds is 11. The minimum atomic E-state index is -0.623. The summed E-state index contributed by atoms with van der Waals surface area (Å²) in [4.78, 5) is 18.6. The first-order valence-corrected chi connectivity index (χ1v) is 13.3. The van der Waals surface area contributed by atoms with Gasteiger partial charge in [0.1, 0.15) is 11.8 Å². The largest absolute Gasteiger partial charge is 0.493 e. The Kier molecular flexibility index (Phi) is 8.67. The Balaban J connectivity index is 1.84. The van der Waals surface area contributed by atoms with E-state index < -0.39 is 6.04 Å². The maximum absolute atomic E-state index is 13.9. The van der Waals surface area contributed by atoms with Gasteiger partial charge in [-0.15, -0.1) is 5.10 Å². The summed E-state index contributed by atoms with van der Waals surface area (Å²) in [5.74, 6) is 3.13. The number of carbonyl (C=O) groups excluding carboxylic acids is 1. The SMILES string of the molecule is CCCSc1nc2n(n1)C(c1cc(OC)c(OC)c(OC)c1)C(C(=O)Nc1ccccc1OCC)=C(C)N2. The van der Waals surface area contributed by atoms with Gasteiger partial charge in [0.05, 0.1) is 39.2 Å². The number of aromatic nitrogens is 3. The topological polar surface area (TPSA) is 109 Å². The molecule has 202 valence electrons. The number of hydrogen-bond donors (Lipinski definition) is 2. The van der Waals surface area contributed by atoms with Crippen molar-refractivity contribution in [3.8, 4) is 23.0 Å². The molecule has 2 heterocycles. The highest BCUT2D eigenvalue weighted by atomic mass is 32.2. The smallest absolute Gasteiger partial charge is 0.255 e. The molecule has 0 bridgehead atoms. The molecule has 0 spiro atoms. The molecule has 1 aliphatic rings. The number of nitrogens with one attached hydrogen (secondary N) is 2. The van der Waals surface area contributed by atoms with E-state index in [1.54, 1.807) is 37.8 Å². The highest BCUT2D eigenvalue weighted by Crippen LogP contribution is 2.44. The van der Waals surface area contributed by atoms with Crippen molar-refractivity contribution in [1.82, 2.24) is 14.8 Å². The zero-order valence-corrected chi connectivity index (χ0v) is 23.3. The second kappa shape index (κ2) is 12.1. The van der Waals surface area contributed by atoms with E-state index in [1.165, 1.54) is 0 Å². The van der Waals surface area contributed by atoms with Gasteiger partial charge >= 0.3 is 0 Å². The number of ether oxygens (including phenoxy) is 4. The van der Waals surface area contributed by atoms with Crippen LogP contribution < -0.4 is 29.6 Å². The number of thioether (sulfide) groups is 1. The second-order valence-electron chi connectivity index (χ2n) is 8.42. The number of anilines is 2. The summed E-state index contributed by atoms with van der Waals surface area (Å²) in [7, 11) is 4.67. The number of fused-ring (bicyclic) bond motifs is 1. The van der Waals surface area contributed by atoms with Crippen molar-refractivity contribution >= 4 is 29.3 Å². The van der Waals surface area contributed by atoms with Crippen molar-refractivity contribution in [2.24, 2.45) is 0 Å². The molecule has 38 heavy (non-hydrogen) atoms. The predicted octanol–water partition coefficient (Wildman–Crippen LogP) is 5.13. The normalized spacial score (nSPS) is 14.4. The van der Waals surface area contributed by atoms with Gasteiger partial charge in [0.15, 0.2) is 11.5 Å². The van der Waals surface area contributed by atoms with Gasteiger partial charge in [0.25, 0.3) is 5.91 Å². The Labute approximate surface area is 226 Å². The Bertz CT molecular complexity index is 1310. The standard InChI is InChI=1S/C27H33N5O5S/c1-7-13-38-27-30-26-28-16(3)22(25(33)29-18-11-9-10-12-19(18)37-8-2)23(32(26)31-27)17-14-20(34-4)24(36-6)21(15-17)35-5/h9-12,14-15,23H,7-8,13H2,1-6H3,(H,29,33)(H,28,30,31). The van der Waals surface area contributed by atoms with E-state index in [2.05, 4.69) is 22.5 Å². The number of carbonyl (C=O) groups is 1. The fourth-order valence-electron chi connectivity index (χ4n) is 4.29. The van der Waals surface area contributed by atoms with Crippen LogP contribution in [0.5, 0.6) is 23.0 Å². The van der Waals surface area contributed by atoms with Gasteiger partial charge in [0.2, 0.25) is 16.9 Å². The zero-order valence-electron chi connectivity index (χ0n) is 22.5. The fourth-order valence-corrected chi connectivity index (χ4v) is 4.97. The van der Waals surface area contributed by atoms with Gasteiger partial charge in [-0.2, -0.15) is 4.98 Å². The molecule has 2 aromatic carbocycles. The van der Waals surface area contributed by atoms with Crippen molar-refractivity contribution in [2.75, 3.05) is 44.3 Å². The van der Waals surface area contributed by atoms with E-state index >= 15 is 0 Å². The maximum Gasteiger partial charge on any atom is 0.255 e. The van der Waals surface area contributed by atoms with Gasteiger partial charge in [0, 0.05) is 11.4 Å². The van der Waals surface area contributed by atoms with Gasteiger partial charge in [-0.1, -0.05) is 30.8 Å². The second-order valence-corrected chi connectivity index (χ2v) is 9.48. The van der Waals surface area contributed by atoms with Gasteiger partial charge < -0.3 is 29.6 Å². The number of para-hydroxylation sites is 2. The van der Waals surface area contributed by atoms with Gasteiger partial charge in [-0.05, 0) is 50.1 Å². The Morgan fingerprint density at radius 1 is 1.08 bits per heavy atom. The molecule has 1 aliphatic heterocycles. The van der Waals surface area contributed by atoms with E-state index in [1.807, 2.05) is 50.2 Å². The monoisotopic (exact) mass is 539 g/mol. The number of methoxy groups -OCH3 is 3. The lowest BCUT2D eigenvalue weighted by molar-refractivity contribution is -0.113. The first-order chi connectivity index (χ1) is 18.4. The lowest BCUT2D eigenvalue weighted by Crippen LogP contribution is -2.31. The van der Waals surface area contributed by atoms with Crippen LogP contribution in [0, 0.1) is 0 Å². The molecule has 1 aromatic heterocycles. The van der Waals surface area contributed by atoms with Crippen LogP contribution in [0.3, 0.4) is 0 Å². The van der Waals surface area contributed by atoms with Crippen molar-refractivity contribution in [2.45, 2.75) is 38.4 Å². The molecule has 1 atom stereocenters. The molecule has 11 heteroatoms. The number of amides is 1. The van der Waals surface area contributed by atoms with Gasteiger partial charge in [-0.25, -0.2) is 4.68 Å². The number of benzene rings is 2. The first-order valence-electron chi connectivity index (χ1n) is 12.4. The molecule has 3 aromatic rings. The van der Waals surface area contributed by atoms with Crippen LogP contribution in [0.2, 0.25) is 0 Å². The van der Waals surface area contributed by atoms with Crippen molar-refractivity contribution < 1.29 is 23.7 Å². The molecule has 1 unspecified atom stereocenters. The molecule has 0 saturated carbocycles.